The molecule has 1 unspecified atom stereocenters. The van der Waals surface area contributed by atoms with Crippen molar-refractivity contribution in [2.24, 2.45) is 5.92 Å². The van der Waals surface area contributed by atoms with Gasteiger partial charge in [-0.3, -0.25) is 9.59 Å². The van der Waals surface area contributed by atoms with Gasteiger partial charge in [0.25, 0.3) is 0 Å². The number of fused-ring (bicyclic) bond motifs is 3. The summed E-state index contributed by atoms with van der Waals surface area (Å²) in [6, 6.07) is 3.56. The van der Waals surface area contributed by atoms with Gasteiger partial charge in [-0.15, -0.1) is 11.3 Å². The van der Waals surface area contributed by atoms with Crippen molar-refractivity contribution in [3.05, 3.63) is 22.9 Å². The van der Waals surface area contributed by atoms with E-state index in [2.05, 4.69) is 4.98 Å². The van der Waals surface area contributed by atoms with Crippen molar-refractivity contribution in [1.82, 2.24) is 4.98 Å². The van der Waals surface area contributed by atoms with E-state index < -0.39 is 11.9 Å². The molecule has 0 aliphatic heterocycles. The number of methoxy groups -OCH3 is 1. The quantitative estimate of drug-likeness (QED) is 0.717. The highest BCUT2D eigenvalue weighted by Gasteiger charge is 2.21. The second-order valence-electron chi connectivity index (χ2n) is 5.38. The molecule has 1 atom stereocenters. The number of nitrogens with zero attached hydrogens (tertiary/aromatic N) is 1. The Hall–Kier alpha value is -2.41. The van der Waals surface area contributed by atoms with Crippen molar-refractivity contribution in [1.29, 1.82) is 0 Å². The Bertz CT molecular complexity index is 923. The number of hydrogen-bond donors (Lipinski definition) is 1. The molecule has 0 saturated carbocycles. The second kappa shape index (κ2) is 5.66. The number of carboxylic acid groups (broad SMARTS) is 1. The highest BCUT2D eigenvalue weighted by molar-refractivity contribution is 7.21. The Morgan fingerprint density at radius 3 is 2.83 bits per heavy atom. The van der Waals surface area contributed by atoms with Gasteiger partial charge in [-0.1, -0.05) is 6.92 Å². The summed E-state index contributed by atoms with van der Waals surface area (Å²) in [5.74, 6) is -0.794. The number of aromatic nitrogens is 1. The molecule has 6 nitrogen and oxygen atoms in total. The average Bonchev–Trinajstić information content (AvgIpc) is 3.08. The van der Waals surface area contributed by atoms with Gasteiger partial charge in [-0.25, -0.2) is 4.98 Å². The number of carboxylic acids is 1. The Balaban J connectivity index is 2.10. The van der Waals surface area contributed by atoms with E-state index in [4.69, 9.17) is 14.3 Å². The summed E-state index contributed by atoms with van der Waals surface area (Å²) < 4.78 is 11.8. The molecule has 0 fully saturated rings. The molecule has 0 spiro atoms. The predicted molar refractivity (Wildman–Crippen MR) is 86.4 cm³/mol. The summed E-state index contributed by atoms with van der Waals surface area (Å²) in [7, 11) is 1.55. The largest absolute Gasteiger partial charge is 0.493 e. The molecular formula is C16H15NO5S. The zero-order valence-electron chi connectivity index (χ0n) is 12.9. The number of thiophene rings is 1. The molecule has 7 heteroatoms. The number of carbonyl (C=O) groups excluding carboxylic acids is 1. The van der Waals surface area contributed by atoms with E-state index in [-0.39, 0.29) is 12.2 Å². The average molecular weight is 333 g/mol. The molecule has 120 valence electrons. The van der Waals surface area contributed by atoms with Crippen LogP contribution in [0.4, 0.5) is 0 Å². The van der Waals surface area contributed by atoms with Crippen LogP contribution >= 0.6 is 11.3 Å². The number of oxazole rings is 1. The molecule has 2 heterocycles. The summed E-state index contributed by atoms with van der Waals surface area (Å²) in [4.78, 5) is 28.1. The number of ether oxygens (including phenoxy) is 1. The van der Waals surface area contributed by atoms with E-state index in [1.54, 1.807) is 20.1 Å². The van der Waals surface area contributed by atoms with Gasteiger partial charge >= 0.3 is 5.97 Å². The first kappa shape index (κ1) is 15.5. The minimum absolute atomic E-state index is 0.0275. The van der Waals surface area contributed by atoms with Crippen LogP contribution in [-0.2, 0) is 4.79 Å². The van der Waals surface area contributed by atoms with Gasteiger partial charge in [0.1, 0.15) is 5.52 Å². The lowest BCUT2D eigenvalue weighted by Gasteiger charge is -2.02. The van der Waals surface area contributed by atoms with Crippen LogP contribution in [0.5, 0.6) is 5.75 Å². The van der Waals surface area contributed by atoms with Crippen LogP contribution in [-0.4, -0.2) is 29.0 Å². The van der Waals surface area contributed by atoms with E-state index in [0.29, 0.717) is 27.6 Å². The first-order valence-corrected chi connectivity index (χ1v) is 7.86. The van der Waals surface area contributed by atoms with E-state index in [9.17, 15) is 9.59 Å². The SMILES string of the molecule is COc1cc2sc(C(=O)CC(C)C(=O)O)cc2c2nc(C)oc12. The number of aliphatic carboxylic acids is 1. The third-order valence-corrected chi connectivity index (χ3v) is 4.77. The summed E-state index contributed by atoms with van der Waals surface area (Å²) in [6.07, 6.45) is -0.0275. The minimum Gasteiger partial charge on any atom is -0.493 e. The van der Waals surface area contributed by atoms with E-state index in [1.807, 2.05) is 6.07 Å². The second-order valence-corrected chi connectivity index (χ2v) is 6.46. The van der Waals surface area contributed by atoms with Crippen LogP contribution in [0.2, 0.25) is 0 Å². The van der Waals surface area contributed by atoms with Crippen LogP contribution < -0.4 is 4.74 Å². The standard InChI is InChI=1S/C16H15NO5S/c1-7(16(19)20)4-10(18)13-5-9-12(23-13)6-11(21-3)15-14(9)17-8(2)22-15/h5-7H,4H2,1-3H3,(H,19,20). The van der Waals surface area contributed by atoms with Crippen molar-refractivity contribution in [3.8, 4) is 5.75 Å². The molecule has 0 aliphatic carbocycles. The lowest BCUT2D eigenvalue weighted by atomic mass is 10.0. The Kier molecular flexibility index (Phi) is 3.81. The van der Waals surface area contributed by atoms with Crippen molar-refractivity contribution < 1.29 is 23.8 Å². The Morgan fingerprint density at radius 1 is 1.43 bits per heavy atom. The highest BCUT2D eigenvalue weighted by atomic mass is 32.1. The number of benzene rings is 1. The summed E-state index contributed by atoms with van der Waals surface area (Å²) in [6.45, 7) is 3.27. The highest BCUT2D eigenvalue weighted by Crippen LogP contribution is 2.38. The first-order chi connectivity index (χ1) is 10.9. The molecule has 1 N–H and O–H groups in total. The van der Waals surface area contributed by atoms with Crippen LogP contribution in [0.15, 0.2) is 16.5 Å². The van der Waals surface area contributed by atoms with Gasteiger partial charge in [0.15, 0.2) is 23.0 Å². The fraction of sp³-hybridized carbons (Fsp3) is 0.312. The monoisotopic (exact) mass is 333 g/mol. The molecule has 3 aromatic rings. The van der Waals surface area contributed by atoms with Gasteiger partial charge in [0.05, 0.1) is 17.9 Å². The molecule has 23 heavy (non-hydrogen) atoms. The third kappa shape index (κ3) is 2.68. The van der Waals surface area contributed by atoms with Gasteiger partial charge < -0.3 is 14.3 Å². The molecule has 0 amide bonds. The van der Waals surface area contributed by atoms with Crippen molar-refractivity contribution in [2.45, 2.75) is 20.3 Å². The number of aryl methyl sites for hydroxylation is 1. The number of Topliss-reactive ketones (excluding diaryl/α,β-unsaturated/α-hetero) is 1. The topological polar surface area (TPSA) is 89.6 Å². The van der Waals surface area contributed by atoms with Gasteiger partial charge in [-0.05, 0) is 6.07 Å². The van der Waals surface area contributed by atoms with Crippen molar-refractivity contribution in [2.75, 3.05) is 7.11 Å². The number of hydrogen-bond acceptors (Lipinski definition) is 6. The molecule has 0 aliphatic rings. The van der Waals surface area contributed by atoms with Crippen molar-refractivity contribution >= 4 is 44.3 Å². The molecular weight excluding hydrogens is 318 g/mol. The van der Waals surface area contributed by atoms with E-state index >= 15 is 0 Å². The number of carbonyl (C=O) groups is 2. The lowest BCUT2D eigenvalue weighted by Crippen LogP contribution is -2.13. The number of rotatable bonds is 5. The molecule has 0 radical (unpaired) electrons. The van der Waals surface area contributed by atoms with Crippen LogP contribution in [0.3, 0.4) is 0 Å². The zero-order chi connectivity index (χ0) is 16.7. The van der Waals surface area contributed by atoms with Gasteiger partial charge in [-0.2, -0.15) is 0 Å². The third-order valence-electron chi connectivity index (χ3n) is 3.64. The maximum absolute atomic E-state index is 12.3. The lowest BCUT2D eigenvalue weighted by molar-refractivity contribution is -0.141. The number of ketones is 1. The first-order valence-electron chi connectivity index (χ1n) is 7.04. The predicted octanol–water partition coefficient (Wildman–Crippen LogP) is 3.65. The normalized spacial score (nSPS) is 12.7. The molecule has 0 bridgehead atoms. The molecule has 0 saturated heterocycles. The Morgan fingerprint density at radius 2 is 2.17 bits per heavy atom. The van der Waals surface area contributed by atoms with Gasteiger partial charge in [0, 0.05) is 29.5 Å². The van der Waals surface area contributed by atoms with E-state index in [1.165, 1.54) is 18.3 Å². The summed E-state index contributed by atoms with van der Waals surface area (Å²) in [5.41, 5.74) is 1.20. The fourth-order valence-corrected chi connectivity index (χ4v) is 3.46. The minimum atomic E-state index is -0.976. The van der Waals surface area contributed by atoms with Crippen LogP contribution in [0, 0.1) is 12.8 Å². The van der Waals surface area contributed by atoms with E-state index in [0.717, 1.165) is 10.1 Å². The summed E-state index contributed by atoms with van der Waals surface area (Å²) in [5, 5.41) is 9.76. The van der Waals surface area contributed by atoms with Crippen molar-refractivity contribution in [3.63, 3.8) is 0 Å². The maximum atomic E-state index is 12.3. The summed E-state index contributed by atoms with van der Waals surface area (Å²) >= 11 is 1.31. The smallest absolute Gasteiger partial charge is 0.306 e. The zero-order valence-corrected chi connectivity index (χ0v) is 13.7. The molecule has 2 aromatic heterocycles. The maximum Gasteiger partial charge on any atom is 0.306 e. The fourth-order valence-electron chi connectivity index (χ4n) is 2.41. The molecule has 1 aromatic carbocycles. The van der Waals surface area contributed by atoms with Crippen LogP contribution in [0.1, 0.15) is 28.9 Å². The van der Waals surface area contributed by atoms with Gasteiger partial charge in [0.2, 0.25) is 0 Å². The Labute approximate surface area is 135 Å². The van der Waals surface area contributed by atoms with Crippen LogP contribution in [0.25, 0.3) is 21.2 Å². The molecule has 3 rings (SSSR count).